The molecule has 0 spiro atoms. The van der Waals surface area contributed by atoms with Crippen molar-refractivity contribution in [2.24, 2.45) is 40.9 Å². The third-order valence-corrected chi connectivity index (χ3v) is 9.43. The molecule has 0 saturated heterocycles. The van der Waals surface area contributed by atoms with E-state index in [1.807, 2.05) is 6.92 Å². The highest BCUT2D eigenvalue weighted by atomic mass is 16.5. The first kappa shape index (κ1) is 18.3. The van der Waals surface area contributed by atoms with Gasteiger partial charge < -0.3 is 9.84 Å². The molecule has 4 aliphatic rings. The van der Waals surface area contributed by atoms with E-state index in [4.69, 9.17) is 4.74 Å². The number of rotatable bonds is 3. The molecule has 1 N–H and O–H groups in total. The number of ether oxygens (including phenoxy) is 1. The first-order valence-electron chi connectivity index (χ1n) is 11.2. The van der Waals surface area contributed by atoms with Crippen LogP contribution in [0.15, 0.2) is 0 Å². The minimum atomic E-state index is -0.617. The van der Waals surface area contributed by atoms with E-state index in [0.29, 0.717) is 5.41 Å². The fourth-order valence-corrected chi connectivity index (χ4v) is 8.25. The van der Waals surface area contributed by atoms with Crippen LogP contribution in [0.4, 0.5) is 0 Å². The molecule has 0 aromatic carbocycles. The van der Waals surface area contributed by atoms with E-state index in [1.54, 1.807) is 0 Å². The second kappa shape index (κ2) is 6.51. The van der Waals surface area contributed by atoms with E-state index in [9.17, 15) is 5.11 Å². The van der Waals surface area contributed by atoms with Gasteiger partial charge >= 0.3 is 0 Å². The van der Waals surface area contributed by atoms with Gasteiger partial charge in [0.05, 0.1) is 11.7 Å². The Hall–Kier alpha value is -0.0800. The highest BCUT2D eigenvalue weighted by molar-refractivity contribution is 5.07. The zero-order valence-corrected chi connectivity index (χ0v) is 17.0. The topological polar surface area (TPSA) is 29.5 Å². The second-order valence-corrected chi connectivity index (χ2v) is 10.4. The SMILES string of the molecule is CCO[C@H]1C[C@H]2[C@@H](CC[C@@H]3[C@@H]2CC[C@]2(C)[C@@H](CC)CC[C@@H]32)C[C@]1(C)O. The van der Waals surface area contributed by atoms with E-state index in [0.717, 1.165) is 55.0 Å². The van der Waals surface area contributed by atoms with Crippen LogP contribution < -0.4 is 0 Å². The van der Waals surface area contributed by atoms with Crippen LogP contribution in [0.2, 0.25) is 0 Å². The van der Waals surface area contributed by atoms with Gasteiger partial charge in [0.25, 0.3) is 0 Å². The lowest BCUT2D eigenvalue weighted by Gasteiger charge is -2.58. The quantitative estimate of drug-likeness (QED) is 0.737. The molecule has 2 nitrogen and oxygen atoms in total. The standard InChI is InChI=1S/C23H40O2/c1-5-16-8-10-20-18-9-7-15-14-23(4,24)21(25-6-2)13-19(15)17(18)11-12-22(16,20)3/h15-21,24H,5-14H2,1-4H3/t15-,16-,17-,18+,19-,20-,21-,22+,23-/m0/s1. The Morgan fingerprint density at radius 2 is 1.76 bits per heavy atom. The van der Waals surface area contributed by atoms with Gasteiger partial charge in [-0.15, -0.1) is 0 Å². The zero-order chi connectivity index (χ0) is 17.8. The van der Waals surface area contributed by atoms with Crippen molar-refractivity contribution in [1.29, 1.82) is 0 Å². The first-order valence-corrected chi connectivity index (χ1v) is 11.2. The molecule has 4 rings (SSSR count). The van der Waals surface area contributed by atoms with Crippen molar-refractivity contribution in [3.63, 3.8) is 0 Å². The summed E-state index contributed by atoms with van der Waals surface area (Å²) in [5.74, 6) is 5.36. The van der Waals surface area contributed by atoms with E-state index in [2.05, 4.69) is 20.8 Å². The lowest BCUT2D eigenvalue weighted by atomic mass is 9.48. The lowest BCUT2D eigenvalue weighted by Crippen LogP contribution is -2.55. The maximum atomic E-state index is 10.9. The fraction of sp³-hybridized carbons (Fsp3) is 1.00. The minimum absolute atomic E-state index is 0.0535. The van der Waals surface area contributed by atoms with E-state index < -0.39 is 5.60 Å². The fourth-order valence-electron chi connectivity index (χ4n) is 8.25. The highest BCUT2D eigenvalue weighted by Crippen LogP contribution is 2.65. The molecule has 9 atom stereocenters. The van der Waals surface area contributed by atoms with Crippen LogP contribution in [0.5, 0.6) is 0 Å². The van der Waals surface area contributed by atoms with Gasteiger partial charge in [0.2, 0.25) is 0 Å². The van der Waals surface area contributed by atoms with Gasteiger partial charge in [0.1, 0.15) is 0 Å². The van der Waals surface area contributed by atoms with Gasteiger partial charge in [-0.25, -0.2) is 0 Å². The first-order chi connectivity index (χ1) is 11.9. The number of hydrogen-bond donors (Lipinski definition) is 1. The molecule has 0 aromatic rings. The van der Waals surface area contributed by atoms with Crippen molar-refractivity contribution in [1.82, 2.24) is 0 Å². The summed E-state index contributed by atoms with van der Waals surface area (Å²) in [4.78, 5) is 0. The Morgan fingerprint density at radius 1 is 0.960 bits per heavy atom. The summed E-state index contributed by atoms with van der Waals surface area (Å²) in [6.45, 7) is 9.87. The Kier molecular flexibility index (Phi) is 4.77. The van der Waals surface area contributed by atoms with Gasteiger partial charge in [0.15, 0.2) is 0 Å². The van der Waals surface area contributed by atoms with E-state index in [-0.39, 0.29) is 6.10 Å². The van der Waals surface area contributed by atoms with E-state index in [1.165, 1.54) is 44.9 Å². The van der Waals surface area contributed by atoms with Crippen molar-refractivity contribution in [2.45, 2.75) is 97.2 Å². The van der Waals surface area contributed by atoms with Gasteiger partial charge in [-0.2, -0.15) is 0 Å². The summed E-state index contributed by atoms with van der Waals surface area (Å²) < 4.78 is 6.02. The molecular weight excluding hydrogens is 308 g/mol. The lowest BCUT2D eigenvalue weighted by molar-refractivity contribution is -0.171. The molecule has 2 heteroatoms. The number of aliphatic hydroxyl groups is 1. The monoisotopic (exact) mass is 348 g/mol. The normalized spacial score (nSPS) is 55.3. The summed E-state index contributed by atoms with van der Waals surface area (Å²) in [7, 11) is 0. The molecule has 0 amide bonds. The summed E-state index contributed by atoms with van der Waals surface area (Å²) in [6.07, 6.45) is 12.1. The Balaban J connectivity index is 1.55. The highest BCUT2D eigenvalue weighted by Gasteiger charge is 2.58. The predicted molar refractivity (Wildman–Crippen MR) is 102 cm³/mol. The van der Waals surface area contributed by atoms with Gasteiger partial charge in [-0.3, -0.25) is 0 Å². The average Bonchev–Trinajstić information content (AvgIpc) is 2.91. The Labute approximate surface area is 155 Å². The predicted octanol–water partition coefficient (Wildman–Crippen LogP) is 5.43. The summed E-state index contributed by atoms with van der Waals surface area (Å²) in [6, 6.07) is 0. The molecule has 0 heterocycles. The van der Waals surface area contributed by atoms with Crippen LogP contribution in [0, 0.1) is 40.9 Å². The van der Waals surface area contributed by atoms with Crippen LogP contribution in [0.3, 0.4) is 0 Å². The third-order valence-electron chi connectivity index (χ3n) is 9.43. The number of hydrogen-bond acceptors (Lipinski definition) is 2. The third kappa shape index (κ3) is 2.81. The maximum absolute atomic E-state index is 10.9. The van der Waals surface area contributed by atoms with Crippen LogP contribution in [0.25, 0.3) is 0 Å². The number of fused-ring (bicyclic) bond motifs is 5. The molecule has 4 aliphatic carbocycles. The molecule has 25 heavy (non-hydrogen) atoms. The molecule has 0 bridgehead atoms. The van der Waals surface area contributed by atoms with Gasteiger partial charge in [-0.05, 0) is 106 Å². The summed E-state index contributed by atoms with van der Waals surface area (Å²) in [5, 5.41) is 10.9. The average molecular weight is 349 g/mol. The molecular formula is C23H40O2. The smallest absolute Gasteiger partial charge is 0.0883 e. The molecule has 0 radical (unpaired) electrons. The van der Waals surface area contributed by atoms with Crippen LogP contribution in [-0.2, 0) is 4.74 Å². The van der Waals surface area contributed by atoms with Crippen LogP contribution in [0.1, 0.15) is 85.5 Å². The van der Waals surface area contributed by atoms with E-state index >= 15 is 0 Å². The second-order valence-electron chi connectivity index (χ2n) is 10.4. The summed E-state index contributed by atoms with van der Waals surface area (Å²) >= 11 is 0. The minimum Gasteiger partial charge on any atom is -0.387 e. The molecule has 144 valence electrons. The van der Waals surface area contributed by atoms with Crippen molar-refractivity contribution in [2.75, 3.05) is 6.61 Å². The van der Waals surface area contributed by atoms with Crippen LogP contribution >= 0.6 is 0 Å². The molecule has 0 aromatic heterocycles. The molecule has 0 aliphatic heterocycles. The van der Waals surface area contributed by atoms with Crippen molar-refractivity contribution in [3.8, 4) is 0 Å². The van der Waals surface area contributed by atoms with Crippen molar-refractivity contribution >= 4 is 0 Å². The Morgan fingerprint density at radius 3 is 2.48 bits per heavy atom. The van der Waals surface area contributed by atoms with Crippen molar-refractivity contribution in [3.05, 3.63) is 0 Å². The molecule has 4 fully saturated rings. The molecule has 4 saturated carbocycles. The zero-order valence-electron chi connectivity index (χ0n) is 17.0. The van der Waals surface area contributed by atoms with Gasteiger partial charge in [0, 0.05) is 6.61 Å². The maximum Gasteiger partial charge on any atom is 0.0883 e. The Bertz CT molecular complexity index is 486. The summed E-state index contributed by atoms with van der Waals surface area (Å²) in [5.41, 5.74) is 0.0100. The van der Waals surface area contributed by atoms with Crippen LogP contribution in [-0.4, -0.2) is 23.4 Å². The van der Waals surface area contributed by atoms with Crippen molar-refractivity contribution < 1.29 is 9.84 Å². The largest absolute Gasteiger partial charge is 0.387 e. The molecule has 0 unspecified atom stereocenters. The van der Waals surface area contributed by atoms with Gasteiger partial charge in [-0.1, -0.05) is 20.3 Å².